The third-order valence-electron chi connectivity index (χ3n) is 4.88. The maximum absolute atomic E-state index is 12.4. The molecule has 2 aromatic heterocycles. The van der Waals surface area contributed by atoms with Crippen LogP contribution in [0.25, 0.3) is 0 Å². The molecule has 1 amide bonds. The normalized spacial score (nSPS) is 16.1. The first-order valence-electron chi connectivity index (χ1n) is 9.05. The minimum atomic E-state index is -0.181. The summed E-state index contributed by atoms with van der Waals surface area (Å²) in [6.45, 7) is 5.34. The Labute approximate surface area is 157 Å². The number of aromatic nitrogens is 3. The highest BCUT2D eigenvalue weighted by Gasteiger charge is 2.24. The Balaban J connectivity index is 1.38. The molecule has 1 unspecified atom stereocenters. The molecule has 1 aliphatic rings. The predicted molar refractivity (Wildman–Crippen MR) is 98.2 cm³/mol. The van der Waals surface area contributed by atoms with Crippen LogP contribution in [-0.2, 0) is 24.3 Å². The van der Waals surface area contributed by atoms with Gasteiger partial charge in [-0.25, -0.2) is 0 Å². The molecule has 1 atom stereocenters. The maximum Gasteiger partial charge on any atom is 0.271 e. The van der Waals surface area contributed by atoms with Gasteiger partial charge in [0.05, 0.1) is 24.5 Å². The minimum Gasteiger partial charge on any atom is -0.365 e. The van der Waals surface area contributed by atoms with Crippen LogP contribution in [0.1, 0.15) is 44.9 Å². The average Bonchev–Trinajstić information content (AvgIpc) is 3.26. The van der Waals surface area contributed by atoms with Gasteiger partial charge in [0, 0.05) is 12.1 Å². The van der Waals surface area contributed by atoms with Crippen molar-refractivity contribution in [2.75, 3.05) is 6.54 Å². The van der Waals surface area contributed by atoms with Gasteiger partial charge >= 0.3 is 0 Å². The summed E-state index contributed by atoms with van der Waals surface area (Å²) in [6, 6.07) is 11.9. The van der Waals surface area contributed by atoms with Crippen molar-refractivity contribution in [3.05, 3.63) is 70.4 Å². The van der Waals surface area contributed by atoms with Gasteiger partial charge in [0.2, 0.25) is 0 Å². The second-order valence-electron chi connectivity index (χ2n) is 6.72. The second kappa shape index (κ2) is 7.36. The Kier molecular flexibility index (Phi) is 4.77. The summed E-state index contributed by atoms with van der Waals surface area (Å²) in [5.74, 6) is 0.614. The molecule has 1 aliphatic heterocycles. The van der Waals surface area contributed by atoms with Crippen molar-refractivity contribution < 1.29 is 14.1 Å². The molecule has 0 saturated carbocycles. The van der Waals surface area contributed by atoms with E-state index in [9.17, 15) is 4.79 Å². The number of carbonyl (C=O) groups is 1. The molecule has 4 rings (SSSR count). The van der Waals surface area contributed by atoms with Crippen molar-refractivity contribution in [2.24, 2.45) is 0 Å². The van der Waals surface area contributed by atoms with E-state index in [1.54, 1.807) is 6.07 Å². The summed E-state index contributed by atoms with van der Waals surface area (Å²) in [6.07, 6.45) is 0.633. The molecule has 1 aromatic carbocycles. The highest BCUT2D eigenvalue weighted by atomic mass is 16.5. The van der Waals surface area contributed by atoms with E-state index in [2.05, 4.69) is 15.6 Å². The van der Waals surface area contributed by atoms with Gasteiger partial charge in [-0.05, 0) is 31.9 Å². The molecule has 0 aliphatic carbocycles. The first-order valence-corrected chi connectivity index (χ1v) is 9.05. The fraction of sp³-hybridized carbons (Fsp3) is 0.350. The zero-order chi connectivity index (χ0) is 18.8. The Morgan fingerprint density at radius 1 is 1.30 bits per heavy atom. The summed E-state index contributed by atoms with van der Waals surface area (Å²) in [5.41, 5.74) is 4.35. The van der Waals surface area contributed by atoms with E-state index < -0.39 is 0 Å². The van der Waals surface area contributed by atoms with E-state index in [0.29, 0.717) is 31.8 Å². The van der Waals surface area contributed by atoms with Crippen LogP contribution < -0.4 is 5.32 Å². The van der Waals surface area contributed by atoms with E-state index >= 15 is 0 Å². The average molecular weight is 366 g/mol. The highest BCUT2D eigenvalue weighted by Crippen LogP contribution is 2.26. The number of nitrogens with one attached hydrogen (secondary N) is 1. The first kappa shape index (κ1) is 17.5. The minimum absolute atomic E-state index is 0.0472. The zero-order valence-corrected chi connectivity index (χ0v) is 15.4. The van der Waals surface area contributed by atoms with Crippen molar-refractivity contribution in [2.45, 2.75) is 39.5 Å². The van der Waals surface area contributed by atoms with Crippen LogP contribution in [0.15, 0.2) is 40.9 Å². The number of aryl methyl sites for hydroxylation is 2. The fourth-order valence-corrected chi connectivity index (χ4v) is 3.36. The second-order valence-corrected chi connectivity index (χ2v) is 6.72. The quantitative estimate of drug-likeness (QED) is 0.751. The summed E-state index contributed by atoms with van der Waals surface area (Å²) < 4.78 is 12.9. The van der Waals surface area contributed by atoms with Gasteiger partial charge < -0.3 is 14.6 Å². The van der Waals surface area contributed by atoms with Gasteiger partial charge in [-0.1, -0.05) is 35.5 Å². The molecule has 0 radical (unpaired) electrons. The van der Waals surface area contributed by atoms with E-state index in [1.807, 2.05) is 48.9 Å². The Morgan fingerprint density at radius 2 is 2.11 bits per heavy atom. The third kappa shape index (κ3) is 3.64. The van der Waals surface area contributed by atoms with Crippen LogP contribution >= 0.6 is 0 Å². The lowest BCUT2D eigenvalue weighted by molar-refractivity contribution is -0.00119. The Morgan fingerprint density at radius 3 is 2.85 bits per heavy atom. The van der Waals surface area contributed by atoms with Crippen LogP contribution in [0.4, 0.5) is 0 Å². The molecule has 0 fully saturated rings. The van der Waals surface area contributed by atoms with E-state index in [0.717, 1.165) is 28.3 Å². The summed E-state index contributed by atoms with van der Waals surface area (Å²) in [7, 11) is 0. The largest absolute Gasteiger partial charge is 0.365 e. The van der Waals surface area contributed by atoms with Gasteiger partial charge in [-0.3, -0.25) is 9.48 Å². The molecular formula is C20H22N4O3. The summed E-state index contributed by atoms with van der Waals surface area (Å²) in [5, 5.41) is 11.3. The lowest BCUT2D eigenvalue weighted by Gasteiger charge is -2.24. The van der Waals surface area contributed by atoms with Crippen molar-refractivity contribution >= 4 is 5.91 Å². The van der Waals surface area contributed by atoms with Gasteiger partial charge in [0.15, 0.2) is 5.69 Å². The molecule has 0 bridgehead atoms. The number of hydrogen-bond acceptors (Lipinski definition) is 5. The predicted octanol–water partition coefficient (Wildman–Crippen LogP) is 2.73. The molecule has 0 saturated heterocycles. The summed E-state index contributed by atoms with van der Waals surface area (Å²) in [4.78, 5) is 12.4. The fourth-order valence-electron chi connectivity index (χ4n) is 3.36. The van der Waals surface area contributed by atoms with Gasteiger partial charge in [-0.15, -0.1) is 0 Å². The molecule has 0 spiro atoms. The number of carbonyl (C=O) groups excluding carboxylic acids is 1. The molecular weight excluding hydrogens is 344 g/mol. The Bertz CT molecular complexity index is 926. The zero-order valence-electron chi connectivity index (χ0n) is 15.4. The van der Waals surface area contributed by atoms with Crippen LogP contribution in [0.2, 0.25) is 0 Å². The van der Waals surface area contributed by atoms with E-state index in [4.69, 9.17) is 9.26 Å². The maximum atomic E-state index is 12.4. The van der Waals surface area contributed by atoms with Crippen LogP contribution in [0.3, 0.4) is 0 Å². The van der Waals surface area contributed by atoms with Gasteiger partial charge in [0.1, 0.15) is 11.9 Å². The number of benzene rings is 1. The Hall–Kier alpha value is -2.93. The molecule has 7 nitrogen and oxygen atoms in total. The lowest BCUT2D eigenvalue weighted by Crippen LogP contribution is -2.26. The number of fused-ring (bicyclic) bond motifs is 1. The smallest absolute Gasteiger partial charge is 0.271 e. The van der Waals surface area contributed by atoms with Crippen molar-refractivity contribution in [1.29, 1.82) is 0 Å². The third-order valence-corrected chi connectivity index (χ3v) is 4.88. The topological polar surface area (TPSA) is 82.2 Å². The standard InChI is InChI=1S/C20H22N4O3/c1-13-17(14(2)27-23-13)8-9-21-20(25)18-10-16-12-26-19(11-24(16)22-18)15-6-4-3-5-7-15/h3-7,10,19H,8-9,11-12H2,1-2H3,(H,21,25). The molecule has 140 valence electrons. The van der Waals surface area contributed by atoms with Crippen LogP contribution in [0, 0.1) is 13.8 Å². The van der Waals surface area contributed by atoms with E-state index in [-0.39, 0.29) is 12.0 Å². The highest BCUT2D eigenvalue weighted by molar-refractivity contribution is 5.92. The van der Waals surface area contributed by atoms with Crippen LogP contribution in [-0.4, -0.2) is 27.4 Å². The molecule has 27 heavy (non-hydrogen) atoms. The molecule has 3 aromatic rings. The number of hydrogen-bond donors (Lipinski definition) is 1. The SMILES string of the molecule is Cc1noc(C)c1CCNC(=O)c1cc2n(n1)CC(c1ccccc1)OC2. The van der Waals surface area contributed by atoms with Gasteiger partial charge in [-0.2, -0.15) is 5.10 Å². The number of amides is 1. The molecule has 7 heteroatoms. The first-order chi connectivity index (χ1) is 13.1. The van der Waals surface area contributed by atoms with Crippen molar-refractivity contribution in [3.63, 3.8) is 0 Å². The number of nitrogens with zero attached hydrogens (tertiary/aromatic N) is 3. The number of rotatable bonds is 5. The van der Waals surface area contributed by atoms with E-state index in [1.165, 1.54) is 0 Å². The van der Waals surface area contributed by atoms with Crippen molar-refractivity contribution in [3.8, 4) is 0 Å². The number of ether oxygens (including phenoxy) is 1. The molecule has 3 heterocycles. The lowest BCUT2D eigenvalue weighted by atomic mass is 10.1. The van der Waals surface area contributed by atoms with Crippen molar-refractivity contribution in [1.82, 2.24) is 20.3 Å². The summed E-state index contributed by atoms with van der Waals surface area (Å²) >= 11 is 0. The monoisotopic (exact) mass is 366 g/mol. The van der Waals surface area contributed by atoms with Crippen LogP contribution in [0.5, 0.6) is 0 Å². The van der Waals surface area contributed by atoms with Gasteiger partial charge in [0.25, 0.3) is 5.91 Å². The molecule has 1 N–H and O–H groups in total.